The third-order valence-corrected chi connectivity index (χ3v) is 5.82. The van der Waals surface area contributed by atoms with Gasteiger partial charge in [0.05, 0.1) is 30.9 Å². The van der Waals surface area contributed by atoms with E-state index >= 15 is 0 Å². The summed E-state index contributed by atoms with van der Waals surface area (Å²) < 4.78 is 21.5. The zero-order chi connectivity index (χ0) is 29.7. The minimum Gasteiger partial charge on any atom is -0.481 e. The van der Waals surface area contributed by atoms with Crippen molar-refractivity contribution in [3.8, 4) is 5.75 Å². The van der Waals surface area contributed by atoms with Crippen LogP contribution in [0.15, 0.2) is 18.2 Å². The van der Waals surface area contributed by atoms with Gasteiger partial charge >= 0.3 is 29.8 Å². The molecule has 0 aliphatic carbocycles. The molecule has 0 amide bonds. The van der Waals surface area contributed by atoms with Crippen molar-refractivity contribution in [3.05, 3.63) is 33.9 Å². The summed E-state index contributed by atoms with van der Waals surface area (Å²) in [5, 5.41) is 39.9. The van der Waals surface area contributed by atoms with Gasteiger partial charge < -0.3 is 34.3 Å². The molecule has 1 aliphatic heterocycles. The predicted molar refractivity (Wildman–Crippen MR) is 127 cm³/mol. The fraction of sp³-hybridized carbons (Fsp3) is 0.542. The number of non-ortho nitro benzene ring substituents is 1. The summed E-state index contributed by atoms with van der Waals surface area (Å²) in [6.07, 6.45) is -5.78. The molecule has 15 heteroatoms. The van der Waals surface area contributed by atoms with Crippen LogP contribution >= 0.6 is 0 Å². The Bertz CT molecular complexity index is 1140. The van der Waals surface area contributed by atoms with Crippen LogP contribution in [0.4, 0.5) is 5.69 Å². The van der Waals surface area contributed by atoms with Gasteiger partial charge in [-0.3, -0.25) is 24.5 Å². The van der Waals surface area contributed by atoms with Gasteiger partial charge in [-0.05, 0) is 32.8 Å². The number of carboxylic acids is 3. The minimum absolute atomic E-state index is 0.301. The molecule has 39 heavy (non-hydrogen) atoms. The van der Waals surface area contributed by atoms with Gasteiger partial charge in [-0.2, -0.15) is 0 Å². The summed E-state index contributed by atoms with van der Waals surface area (Å²) in [5.74, 6) is -10.7. The normalized spacial score (nSPS) is 22.8. The summed E-state index contributed by atoms with van der Waals surface area (Å²) in [6.45, 7) is 4.72. The highest BCUT2D eigenvalue weighted by Crippen LogP contribution is 2.43. The predicted octanol–water partition coefficient (Wildman–Crippen LogP) is 2.10. The molecule has 1 aliphatic rings. The number of carboxylic acid groups (broad SMARTS) is 3. The van der Waals surface area contributed by atoms with Crippen molar-refractivity contribution in [1.29, 1.82) is 0 Å². The van der Waals surface area contributed by atoms with Crippen molar-refractivity contribution in [2.45, 2.75) is 58.0 Å². The van der Waals surface area contributed by atoms with Gasteiger partial charge in [-0.15, -0.1) is 0 Å². The standard InChI is InChI=1S/C24H29NO14/c1-24(2,3)39-21(32)12-6-5-11(25(34)35)7-16(12)37-23-15(10-19(30)31)13(8-17(26)27)14(9-18(28)29)20(38-23)22(33)36-4/h5-7,13-15,20,23H,8-10H2,1-4H3,(H,26,27)(H,28,29)(H,30,31)/t13-,14-,15+,20-,23+/m0/s1. The molecule has 1 aromatic rings. The van der Waals surface area contributed by atoms with Crippen molar-refractivity contribution in [2.75, 3.05) is 7.11 Å². The van der Waals surface area contributed by atoms with E-state index < -0.39 is 101 Å². The van der Waals surface area contributed by atoms with Gasteiger partial charge in [-0.1, -0.05) is 0 Å². The van der Waals surface area contributed by atoms with E-state index in [1.165, 1.54) is 0 Å². The molecule has 214 valence electrons. The third-order valence-electron chi connectivity index (χ3n) is 5.82. The monoisotopic (exact) mass is 555 g/mol. The number of nitro groups is 1. The highest BCUT2D eigenvalue weighted by molar-refractivity contribution is 5.93. The maximum atomic E-state index is 12.8. The number of nitro benzene ring substituents is 1. The number of carbonyl (C=O) groups is 5. The molecule has 2 rings (SSSR count). The molecule has 0 saturated carbocycles. The molecule has 1 fully saturated rings. The summed E-state index contributed by atoms with van der Waals surface area (Å²) in [6, 6.07) is 2.93. The zero-order valence-electron chi connectivity index (χ0n) is 21.5. The Labute approximate surface area is 221 Å². The molecule has 0 unspecified atom stereocenters. The molecular weight excluding hydrogens is 526 g/mol. The summed E-state index contributed by atoms with van der Waals surface area (Å²) in [7, 11) is 0.982. The second-order valence-corrected chi connectivity index (χ2v) is 9.79. The number of hydrogen-bond donors (Lipinski definition) is 3. The van der Waals surface area contributed by atoms with E-state index in [0.29, 0.717) is 0 Å². The van der Waals surface area contributed by atoms with Crippen LogP contribution in [0.25, 0.3) is 0 Å². The number of carbonyl (C=O) groups excluding carboxylic acids is 2. The number of nitrogens with zero attached hydrogens (tertiary/aromatic N) is 1. The largest absolute Gasteiger partial charge is 0.481 e. The van der Waals surface area contributed by atoms with Gasteiger partial charge in [0, 0.05) is 24.3 Å². The first-order valence-corrected chi connectivity index (χ1v) is 11.6. The van der Waals surface area contributed by atoms with Crippen LogP contribution in [-0.2, 0) is 33.4 Å². The Hall–Kier alpha value is -4.27. The van der Waals surface area contributed by atoms with Gasteiger partial charge in [0.1, 0.15) is 16.9 Å². The van der Waals surface area contributed by atoms with Crippen molar-refractivity contribution in [1.82, 2.24) is 0 Å². The van der Waals surface area contributed by atoms with E-state index in [9.17, 15) is 49.4 Å². The number of ether oxygens (including phenoxy) is 4. The lowest BCUT2D eigenvalue weighted by Crippen LogP contribution is -2.54. The maximum Gasteiger partial charge on any atom is 0.342 e. The van der Waals surface area contributed by atoms with Crippen LogP contribution in [0.2, 0.25) is 0 Å². The fourth-order valence-electron chi connectivity index (χ4n) is 4.31. The van der Waals surface area contributed by atoms with Crippen LogP contribution in [0, 0.1) is 27.9 Å². The first kappa shape index (κ1) is 31.0. The number of rotatable bonds is 11. The number of methoxy groups -OCH3 is 1. The van der Waals surface area contributed by atoms with Crippen LogP contribution in [0.3, 0.4) is 0 Å². The number of benzene rings is 1. The molecule has 0 aromatic heterocycles. The maximum absolute atomic E-state index is 12.8. The lowest BCUT2D eigenvalue weighted by molar-refractivity contribution is -0.385. The van der Waals surface area contributed by atoms with Gasteiger partial charge in [0.2, 0.25) is 6.29 Å². The number of hydrogen-bond acceptors (Lipinski definition) is 11. The average Bonchev–Trinajstić information content (AvgIpc) is 2.79. The molecule has 15 nitrogen and oxygen atoms in total. The Morgan fingerprint density at radius 3 is 1.97 bits per heavy atom. The first-order chi connectivity index (χ1) is 18.0. The zero-order valence-corrected chi connectivity index (χ0v) is 21.5. The van der Waals surface area contributed by atoms with E-state index in [2.05, 4.69) is 0 Å². The van der Waals surface area contributed by atoms with Crippen LogP contribution in [0.1, 0.15) is 50.4 Å². The highest BCUT2D eigenvalue weighted by atomic mass is 16.7. The Morgan fingerprint density at radius 2 is 1.49 bits per heavy atom. The number of esters is 2. The summed E-state index contributed by atoms with van der Waals surface area (Å²) >= 11 is 0. The SMILES string of the molecule is COC(=O)[C@H]1O[C@@H](Oc2cc([N+](=O)[O-])ccc2C(=O)OC(C)(C)C)[C@H](CC(=O)O)[C@@H](CC(=O)O)[C@@H]1CC(=O)O. The minimum atomic E-state index is -1.76. The second kappa shape index (κ2) is 12.5. The Kier molecular flexibility index (Phi) is 9.93. The van der Waals surface area contributed by atoms with E-state index in [4.69, 9.17) is 18.9 Å². The Balaban J connectivity index is 2.68. The molecular formula is C24H29NO14. The van der Waals surface area contributed by atoms with Crippen LogP contribution < -0.4 is 4.74 Å². The lowest BCUT2D eigenvalue weighted by Gasteiger charge is -2.44. The quantitative estimate of drug-likeness (QED) is 0.202. The molecule has 0 spiro atoms. The molecule has 5 atom stereocenters. The van der Waals surface area contributed by atoms with E-state index in [-0.39, 0.29) is 5.56 Å². The van der Waals surface area contributed by atoms with Crippen molar-refractivity contribution < 1.29 is 63.2 Å². The Morgan fingerprint density at radius 1 is 0.949 bits per heavy atom. The highest BCUT2D eigenvalue weighted by Gasteiger charge is 2.52. The molecule has 1 heterocycles. The summed E-state index contributed by atoms with van der Waals surface area (Å²) in [5.41, 5.74) is -1.79. The molecule has 3 N–H and O–H groups in total. The van der Waals surface area contributed by atoms with Crippen molar-refractivity contribution in [3.63, 3.8) is 0 Å². The number of aliphatic carboxylic acids is 3. The molecule has 0 bridgehead atoms. The topological polar surface area (TPSA) is 226 Å². The van der Waals surface area contributed by atoms with Crippen LogP contribution in [-0.4, -0.2) is 75.2 Å². The molecule has 1 aromatic carbocycles. The van der Waals surface area contributed by atoms with Gasteiger partial charge in [0.15, 0.2) is 6.10 Å². The fourth-order valence-corrected chi connectivity index (χ4v) is 4.31. The van der Waals surface area contributed by atoms with E-state index in [1.807, 2.05) is 0 Å². The molecule has 0 radical (unpaired) electrons. The lowest BCUT2D eigenvalue weighted by atomic mass is 9.71. The van der Waals surface area contributed by atoms with E-state index in [0.717, 1.165) is 25.3 Å². The van der Waals surface area contributed by atoms with Crippen molar-refractivity contribution >= 4 is 35.5 Å². The van der Waals surface area contributed by atoms with Gasteiger partial charge in [-0.25, -0.2) is 9.59 Å². The van der Waals surface area contributed by atoms with E-state index in [1.54, 1.807) is 20.8 Å². The molecule has 1 saturated heterocycles. The third kappa shape index (κ3) is 8.36. The van der Waals surface area contributed by atoms with Crippen LogP contribution in [0.5, 0.6) is 5.75 Å². The smallest absolute Gasteiger partial charge is 0.342 e. The first-order valence-electron chi connectivity index (χ1n) is 11.6. The van der Waals surface area contributed by atoms with Crippen molar-refractivity contribution in [2.24, 2.45) is 17.8 Å². The summed E-state index contributed by atoms with van der Waals surface area (Å²) in [4.78, 5) is 71.1. The second-order valence-electron chi connectivity index (χ2n) is 9.79. The average molecular weight is 555 g/mol. The van der Waals surface area contributed by atoms with Gasteiger partial charge in [0.25, 0.3) is 5.69 Å².